The molecular weight excluding hydrogens is 258 g/mol. The minimum absolute atomic E-state index is 0.0894. The van der Waals surface area contributed by atoms with E-state index in [9.17, 15) is 0 Å². The summed E-state index contributed by atoms with van der Waals surface area (Å²) in [6.45, 7) is 3.10. The Balaban J connectivity index is 1.86. The predicted octanol–water partition coefficient (Wildman–Crippen LogP) is 2.20. The van der Waals surface area contributed by atoms with Crippen LogP contribution in [-0.4, -0.2) is 49.6 Å². The summed E-state index contributed by atoms with van der Waals surface area (Å²) in [6, 6.07) is 9.70. The molecule has 0 radical (unpaired) electrons. The number of nitrogens with zero attached hydrogens (tertiary/aromatic N) is 2. The van der Waals surface area contributed by atoms with Crippen molar-refractivity contribution < 1.29 is 0 Å². The summed E-state index contributed by atoms with van der Waals surface area (Å²) in [5, 5.41) is 0. The first kappa shape index (κ1) is 15.0. The Morgan fingerprint density at radius 1 is 1.24 bits per heavy atom. The fourth-order valence-corrected chi connectivity index (χ4v) is 4.38. The molecule has 116 valence electrons. The van der Waals surface area contributed by atoms with Crippen LogP contribution in [0.3, 0.4) is 0 Å². The fraction of sp³-hybridized carbons (Fsp3) is 0.667. The average molecular weight is 287 g/mol. The summed E-state index contributed by atoms with van der Waals surface area (Å²) in [5.74, 6) is 0. The highest BCUT2D eigenvalue weighted by Gasteiger charge is 2.41. The van der Waals surface area contributed by atoms with E-state index >= 15 is 0 Å². The molecular formula is C18H29N3. The summed E-state index contributed by atoms with van der Waals surface area (Å²) >= 11 is 0. The molecule has 1 aromatic carbocycles. The van der Waals surface area contributed by atoms with E-state index in [4.69, 9.17) is 5.73 Å². The van der Waals surface area contributed by atoms with Crippen molar-refractivity contribution in [1.29, 1.82) is 0 Å². The third-order valence-corrected chi connectivity index (χ3v) is 5.69. The molecule has 1 unspecified atom stereocenters. The van der Waals surface area contributed by atoms with Gasteiger partial charge < -0.3 is 10.6 Å². The van der Waals surface area contributed by atoms with Gasteiger partial charge in [0.1, 0.15) is 0 Å². The molecule has 1 heterocycles. The van der Waals surface area contributed by atoms with Gasteiger partial charge in [-0.3, -0.25) is 4.90 Å². The van der Waals surface area contributed by atoms with Crippen molar-refractivity contribution in [2.24, 2.45) is 5.73 Å². The maximum Gasteiger partial charge on any atom is 0.0586 e. The van der Waals surface area contributed by atoms with Gasteiger partial charge in [0.15, 0.2) is 0 Å². The molecule has 3 nitrogen and oxygen atoms in total. The molecule has 3 heteroatoms. The van der Waals surface area contributed by atoms with Crippen molar-refractivity contribution in [3.63, 3.8) is 0 Å². The Kier molecular flexibility index (Phi) is 4.34. The van der Waals surface area contributed by atoms with Crippen molar-refractivity contribution in [2.45, 2.75) is 43.7 Å². The maximum atomic E-state index is 6.33. The monoisotopic (exact) mass is 287 g/mol. The number of rotatable bonds is 3. The van der Waals surface area contributed by atoms with Crippen LogP contribution in [0.25, 0.3) is 0 Å². The molecule has 0 amide bonds. The average Bonchev–Trinajstić information content (AvgIpc) is 2.54. The van der Waals surface area contributed by atoms with Crippen molar-refractivity contribution >= 4 is 0 Å². The molecule has 1 aliphatic carbocycles. The van der Waals surface area contributed by atoms with E-state index in [-0.39, 0.29) is 5.54 Å². The standard InChI is InChI=1S/C18H29N3/c1-20(2)16-9-12-21(13-10-16)18(14-19)11-5-7-15-6-3-4-8-17(15)18/h3-4,6,8,16H,5,7,9-14,19H2,1-2H3. The van der Waals surface area contributed by atoms with Crippen LogP contribution in [0.1, 0.15) is 36.8 Å². The Hall–Kier alpha value is -0.900. The summed E-state index contributed by atoms with van der Waals surface area (Å²) in [6.07, 6.45) is 6.22. The number of piperidine rings is 1. The molecule has 1 fully saturated rings. The number of benzene rings is 1. The molecule has 1 aliphatic heterocycles. The molecule has 2 N–H and O–H groups in total. The van der Waals surface area contributed by atoms with Gasteiger partial charge >= 0.3 is 0 Å². The van der Waals surface area contributed by atoms with Gasteiger partial charge in [0, 0.05) is 25.7 Å². The Morgan fingerprint density at radius 3 is 2.62 bits per heavy atom. The van der Waals surface area contributed by atoms with Crippen molar-refractivity contribution in [2.75, 3.05) is 33.7 Å². The second-order valence-corrected chi connectivity index (χ2v) is 6.93. The van der Waals surface area contributed by atoms with Gasteiger partial charge in [0.05, 0.1) is 5.54 Å². The van der Waals surface area contributed by atoms with Gasteiger partial charge in [-0.15, -0.1) is 0 Å². The molecule has 2 aliphatic rings. The van der Waals surface area contributed by atoms with Gasteiger partial charge in [-0.1, -0.05) is 24.3 Å². The summed E-state index contributed by atoms with van der Waals surface area (Å²) in [4.78, 5) is 5.06. The van der Waals surface area contributed by atoms with Gasteiger partial charge in [0.25, 0.3) is 0 Å². The van der Waals surface area contributed by atoms with Crippen LogP contribution in [-0.2, 0) is 12.0 Å². The highest BCUT2D eigenvalue weighted by molar-refractivity contribution is 5.37. The van der Waals surface area contributed by atoms with Crippen molar-refractivity contribution in [3.8, 4) is 0 Å². The molecule has 0 spiro atoms. The zero-order chi connectivity index (χ0) is 14.9. The predicted molar refractivity (Wildman–Crippen MR) is 88.4 cm³/mol. The number of likely N-dealkylation sites (tertiary alicyclic amines) is 1. The lowest BCUT2D eigenvalue weighted by molar-refractivity contribution is 0.0307. The van der Waals surface area contributed by atoms with Crippen LogP contribution in [0.2, 0.25) is 0 Å². The summed E-state index contributed by atoms with van der Waals surface area (Å²) in [5.41, 5.74) is 9.44. The minimum atomic E-state index is 0.0894. The minimum Gasteiger partial charge on any atom is -0.328 e. The SMILES string of the molecule is CN(C)C1CCN(C2(CN)CCCc3ccccc32)CC1. The first-order valence-corrected chi connectivity index (χ1v) is 8.37. The van der Waals surface area contributed by atoms with Crippen molar-refractivity contribution in [3.05, 3.63) is 35.4 Å². The van der Waals surface area contributed by atoms with E-state index in [0.29, 0.717) is 0 Å². The van der Waals surface area contributed by atoms with E-state index in [0.717, 1.165) is 12.6 Å². The summed E-state index contributed by atoms with van der Waals surface area (Å²) in [7, 11) is 4.41. The lowest BCUT2D eigenvalue weighted by atomic mass is 9.74. The zero-order valence-corrected chi connectivity index (χ0v) is 13.5. The van der Waals surface area contributed by atoms with E-state index in [1.54, 1.807) is 0 Å². The van der Waals surface area contributed by atoms with Crippen LogP contribution in [0.15, 0.2) is 24.3 Å². The number of hydrogen-bond acceptors (Lipinski definition) is 3. The van der Waals surface area contributed by atoms with E-state index in [1.807, 2.05) is 0 Å². The first-order valence-electron chi connectivity index (χ1n) is 8.37. The highest BCUT2D eigenvalue weighted by Crippen LogP contribution is 2.40. The molecule has 1 atom stereocenters. The molecule has 1 saturated heterocycles. The maximum absolute atomic E-state index is 6.33. The molecule has 21 heavy (non-hydrogen) atoms. The Morgan fingerprint density at radius 2 is 1.95 bits per heavy atom. The van der Waals surface area contributed by atoms with Gasteiger partial charge in [-0.25, -0.2) is 0 Å². The van der Waals surface area contributed by atoms with E-state index in [1.165, 1.54) is 56.3 Å². The van der Waals surface area contributed by atoms with Crippen LogP contribution in [0, 0.1) is 0 Å². The second-order valence-electron chi connectivity index (χ2n) is 6.93. The van der Waals surface area contributed by atoms with Crippen molar-refractivity contribution in [1.82, 2.24) is 9.80 Å². The fourth-order valence-electron chi connectivity index (χ4n) is 4.38. The molecule has 3 rings (SSSR count). The third kappa shape index (κ3) is 2.63. The Labute approximate surface area is 129 Å². The van der Waals surface area contributed by atoms with Crippen LogP contribution in [0.4, 0.5) is 0 Å². The van der Waals surface area contributed by atoms with Crippen LogP contribution in [0.5, 0.6) is 0 Å². The van der Waals surface area contributed by atoms with E-state index in [2.05, 4.69) is 48.2 Å². The molecule has 0 aromatic heterocycles. The van der Waals surface area contributed by atoms with Crippen LogP contribution < -0.4 is 5.73 Å². The zero-order valence-electron chi connectivity index (χ0n) is 13.5. The molecule has 0 bridgehead atoms. The van der Waals surface area contributed by atoms with E-state index < -0.39 is 0 Å². The highest BCUT2D eigenvalue weighted by atomic mass is 15.2. The van der Waals surface area contributed by atoms with Gasteiger partial charge in [0.2, 0.25) is 0 Å². The largest absolute Gasteiger partial charge is 0.328 e. The number of fused-ring (bicyclic) bond motifs is 1. The smallest absolute Gasteiger partial charge is 0.0586 e. The third-order valence-electron chi connectivity index (χ3n) is 5.69. The van der Waals surface area contributed by atoms with Crippen LogP contribution >= 0.6 is 0 Å². The lowest BCUT2D eigenvalue weighted by Gasteiger charge is -2.50. The second kappa shape index (κ2) is 6.07. The quantitative estimate of drug-likeness (QED) is 0.925. The van der Waals surface area contributed by atoms with Gasteiger partial charge in [-0.05, 0) is 57.3 Å². The summed E-state index contributed by atoms with van der Waals surface area (Å²) < 4.78 is 0. The molecule has 1 aromatic rings. The molecule has 0 saturated carbocycles. The Bertz CT molecular complexity index is 477. The normalized spacial score (nSPS) is 27.8. The lowest BCUT2D eigenvalue weighted by Crippen LogP contribution is -2.57. The number of hydrogen-bond donors (Lipinski definition) is 1. The number of nitrogens with two attached hydrogens (primary N) is 1. The number of aryl methyl sites for hydroxylation is 1. The topological polar surface area (TPSA) is 32.5 Å². The van der Waals surface area contributed by atoms with Gasteiger partial charge in [-0.2, -0.15) is 0 Å². The first-order chi connectivity index (χ1) is 10.2.